The molecule has 1 aliphatic heterocycles. The van der Waals surface area contributed by atoms with Gasteiger partial charge in [0.05, 0.1) is 13.0 Å². The average molecular weight is 457 g/mol. The minimum absolute atomic E-state index is 0.0768. The molecule has 13 heteroatoms. The molecule has 2 N–H and O–H groups in total. The van der Waals surface area contributed by atoms with E-state index >= 15 is 0 Å². The Hall–Kier alpha value is -3.69. The standard InChI is InChI=1S/C19H13F6N5O2/c1-17(18(21,22)15(19(23,24)25)32-16(26)30-17)14-11(20)5-3-9(29-14)7-13(31)12-6-4-10(27-2)8-28-12/h3-6,8,15H,7H2,1H3,(H2,26,30)/t15-,17-/m1/s1. The van der Waals surface area contributed by atoms with Gasteiger partial charge in [0.15, 0.2) is 11.3 Å². The van der Waals surface area contributed by atoms with Gasteiger partial charge in [-0.2, -0.15) is 22.0 Å². The quantitative estimate of drug-likeness (QED) is 0.429. The minimum Gasteiger partial charge on any atom is -0.446 e. The van der Waals surface area contributed by atoms with Crippen molar-refractivity contribution in [3.05, 3.63) is 64.8 Å². The van der Waals surface area contributed by atoms with Gasteiger partial charge in [0, 0.05) is 11.9 Å². The van der Waals surface area contributed by atoms with Crippen molar-refractivity contribution < 1.29 is 35.9 Å². The fraction of sp³-hybridized carbons (Fsp3) is 0.316. The van der Waals surface area contributed by atoms with Crippen LogP contribution in [0.15, 0.2) is 35.5 Å². The van der Waals surface area contributed by atoms with E-state index in [1.165, 1.54) is 12.1 Å². The largest absolute Gasteiger partial charge is 0.446 e. The Morgan fingerprint density at radius 1 is 1.28 bits per heavy atom. The van der Waals surface area contributed by atoms with Crippen LogP contribution >= 0.6 is 0 Å². The molecule has 0 spiro atoms. The van der Waals surface area contributed by atoms with Gasteiger partial charge in [-0.05, 0) is 25.1 Å². The third-order valence-corrected chi connectivity index (χ3v) is 4.72. The highest BCUT2D eigenvalue weighted by atomic mass is 19.4. The fourth-order valence-electron chi connectivity index (χ4n) is 3.05. The molecular weight excluding hydrogens is 444 g/mol. The van der Waals surface area contributed by atoms with Crippen molar-refractivity contribution in [3.8, 4) is 0 Å². The molecular formula is C19H13F6N5O2. The van der Waals surface area contributed by atoms with E-state index in [9.17, 15) is 31.1 Å². The zero-order valence-electron chi connectivity index (χ0n) is 16.1. The van der Waals surface area contributed by atoms with Gasteiger partial charge in [-0.15, -0.1) is 0 Å². The number of hydrogen-bond acceptors (Lipinski definition) is 6. The molecule has 0 saturated heterocycles. The van der Waals surface area contributed by atoms with Crippen LogP contribution in [0.25, 0.3) is 4.85 Å². The van der Waals surface area contributed by atoms with Gasteiger partial charge >= 0.3 is 12.1 Å². The zero-order chi connectivity index (χ0) is 23.9. The Morgan fingerprint density at radius 3 is 2.53 bits per heavy atom. The number of ketones is 1. The van der Waals surface area contributed by atoms with Crippen LogP contribution in [0.1, 0.15) is 28.8 Å². The highest BCUT2D eigenvalue weighted by molar-refractivity contribution is 5.95. The predicted molar refractivity (Wildman–Crippen MR) is 97.6 cm³/mol. The summed E-state index contributed by atoms with van der Waals surface area (Å²) in [6.07, 6.45) is -8.62. The van der Waals surface area contributed by atoms with Crippen LogP contribution in [0.5, 0.6) is 0 Å². The lowest BCUT2D eigenvalue weighted by Gasteiger charge is -2.42. The number of nitrogens with two attached hydrogens (primary N) is 1. The Labute approximate surface area is 176 Å². The average Bonchev–Trinajstić information content (AvgIpc) is 2.71. The number of alkyl halides is 5. The molecule has 3 rings (SSSR count). The normalized spacial score (nSPS) is 22.4. The van der Waals surface area contributed by atoms with Crippen LogP contribution in [0, 0.1) is 12.4 Å². The van der Waals surface area contributed by atoms with Crippen molar-refractivity contribution in [1.29, 1.82) is 0 Å². The topological polar surface area (TPSA) is 94.8 Å². The van der Waals surface area contributed by atoms with Gasteiger partial charge in [0.25, 0.3) is 12.1 Å². The van der Waals surface area contributed by atoms with E-state index in [0.29, 0.717) is 13.0 Å². The summed E-state index contributed by atoms with van der Waals surface area (Å²) < 4.78 is 87.7. The number of rotatable bonds is 4. The van der Waals surface area contributed by atoms with Gasteiger partial charge in [-0.3, -0.25) is 14.8 Å². The first kappa shape index (κ1) is 23.0. The van der Waals surface area contributed by atoms with Crippen LogP contribution in [0.2, 0.25) is 0 Å². The van der Waals surface area contributed by atoms with E-state index in [0.717, 1.165) is 12.3 Å². The first-order valence-electron chi connectivity index (χ1n) is 8.78. The van der Waals surface area contributed by atoms with E-state index in [-0.39, 0.29) is 17.1 Å². The molecule has 0 bridgehead atoms. The van der Waals surface area contributed by atoms with Crippen LogP contribution in [0.4, 0.5) is 32.0 Å². The second-order valence-electron chi connectivity index (χ2n) is 6.93. The Balaban J connectivity index is 2.01. The third-order valence-electron chi connectivity index (χ3n) is 4.72. The van der Waals surface area contributed by atoms with Crippen molar-refractivity contribution in [3.63, 3.8) is 0 Å². The first-order valence-corrected chi connectivity index (χ1v) is 8.78. The summed E-state index contributed by atoms with van der Waals surface area (Å²) in [5, 5.41) is 0. The number of nitrogens with zero attached hydrogens (tertiary/aromatic N) is 4. The number of carbonyl (C=O) groups excluding carboxylic acids is 1. The summed E-state index contributed by atoms with van der Waals surface area (Å²) >= 11 is 0. The molecule has 0 aromatic carbocycles. The van der Waals surface area contributed by atoms with E-state index in [4.69, 9.17) is 12.3 Å². The van der Waals surface area contributed by atoms with Gasteiger partial charge in [-0.1, -0.05) is 6.07 Å². The zero-order valence-corrected chi connectivity index (χ0v) is 16.1. The van der Waals surface area contributed by atoms with Crippen LogP contribution in [0.3, 0.4) is 0 Å². The molecule has 3 heterocycles. The van der Waals surface area contributed by atoms with Gasteiger partial charge in [-0.25, -0.2) is 14.2 Å². The summed E-state index contributed by atoms with van der Waals surface area (Å²) in [4.78, 5) is 26.2. The second kappa shape index (κ2) is 7.77. The summed E-state index contributed by atoms with van der Waals surface area (Å²) in [6, 6.07) is 3.07. The number of pyridine rings is 2. The van der Waals surface area contributed by atoms with Gasteiger partial charge < -0.3 is 10.5 Å². The number of carbonyl (C=O) groups is 1. The number of aliphatic imine (C=N–C) groups is 1. The first-order chi connectivity index (χ1) is 14.8. The molecule has 0 amide bonds. The molecule has 0 fully saturated rings. The molecule has 2 aromatic heterocycles. The maximum Gasteiger partial charge on any atom is 0.431 e. The number of ether oxygens (including phenoxy) is 1. The highest BCUT2D eigenvalue weighted by Gasteiger charge is 2.70. The lowest BCUT2D eigenvalue weighted by atomic mass is 9.84. The number of Topliss-reactive ketones (excluding diaryl/α,β-unsaturated/α-hetero) is 1. The van der Waals surface area contributed by atoms with Crippen molar-refractivity contribution in [2.45, 2.75) is 37.1 Å². The maximum absolute atomic E-state index is 14.9. The Bertz CT molecular complexity index is 1130. The molecule has 0 aliphatic carbocycles. The minimum atomic E-state index is -5.54. The van der Waals surface area contributed by atoms with Gasteiger partial charge in [0.2, 0.25) is 5.69 Å². The fourth-order valence-corrected chi connectivity index (χ4v) is 3.05. The molecule has 32 heavy (non-hydrogen) atoms. The molecule has 2 atom stereocenters. The molecule has 0 radical (unpaired) electrons. The van der Waals surface area contributed by atoms with E-state index in [2.05, 4.69) is 24.5 Å². The summed E-state index contributed by atoms with van der Waals surface area (Å²) in [6.45, 7) is 7.40. The van der Waals surface area contributed by atoms with Crippen LogP contribution < -0.4 is 5.73 Å². The van der Waals surface area contributed by atoms with Crippen LogP contribution in [-0.4, -0.2) is 40.0 Å². The molecule has 0 saturated carbocycles. The van der Waals surface area contributed by atoms with Crippen molar-refractivity contribution >= 4 is 17.5 Å². The lowest BCUT2D eigenvalue weighted by Crippen LogP contribution is -2.62. The van der Waals surface area contributed by atoms with E-state index in [1.807, 2.05) is 0 Å². The lowest BCUT2D eigenvalue weighted by molar-refractivity contribution is -0.288. The SMILES string of the molecule is [C-]#[N+]c1ccc(C(=O)Cc2ccc(F)c([C@@]3(C)N=C(N)O[C@@H](C(F)(F)F)C3(F)F)n2)nc1. The van der Waals surface area contributed by atoms with E-state index < -0.39 is 53.5 Å². The van der Waals surface area contributed by atoms with E-state index in [1.54, 1.807) is 0 Å². The van der Waals surface area contributed by atoms with Crippen LogP contribution in [-0.2, 0) is 16.7 Å². The summed E-state index contributed by atoms with van der Waals surface area (Å²) in [7, 11) is 0. The monoisotopic (exact) mass is 457 g/mol. The number of aromatic nitrogens is 2. The summed E-state index contributed by atoms with van der Waals surface area (Å²) in [5.74, 6) is -6.81. The molecule has 7 nitrogen and oxygen atoms in total. The smallest absolute Gasteiger partial charge is 0.431 e. The van der Waals surface area contributed by atoms with Crippen molar-refractivity contribution in [1.82, 2.24) is 9.97 Å². The third kappa shape index (κ3) is 3.95. The molecule has 1 aliphatic rings. The molecule has 0 unspecified atom stereocenters. The molecule has 2 aromatic rings. The Kier molecular flexibility index (Phi) is 5.58. The number of hydrogen-bond donors (Lipinski definition) is 1. The summed E-state index contributed by atoms with van der Waals surface area (Å²) in [5.41, 5.74) is 0.756. The highest BCUT2D eigenvalue weighted by Crippen LogP contribution is 2.50. The Morgan fingerprint density at radius 2 is 1.97 bits per heavy atom. The van der Waals surface area contributed by atoms with Crippen molar-refractivity contribution in [2.75, 3.05) is 0 Å². The van der Waals surface area contributed by atoms with Gasteiger partial charge in [0.1, 0.15) is 17.2 Å². The second-order valence-corrected chi connectivity index (χ2v) is 6.93. The number of halogens is 6. The number of amidine groups is 1. The predicted octanol–water partition coefficient (Wildman–Crippen LogP) is 3.72. The maximum atomic E-state index is 14.9. The molecule has 168 valence electrons. The van der Waals surface area contributed by atoms with Crippen molar-refractivity contribution in [2.24, 2.45) is 10.7 Å².